The number of rotatable bonds is 5. The highest BCUT2D eigenvalue weighted by Crippen LogP contribution is 2.19. The van der Waals surface area contributed by atoms with Gasteiger partial charge >= 0.3 is 5.97 Å². The Bertz CT molecular complexity index is 569. The van der Waals surface area contributed by atoms with E-state index < -0.39 is 12.1 Å². The lowest BCUT2D eigenvalue weighted by molar-refractivity contribution is -0.158. The number of carbonyl (C=O) groups excluding carboxylic acids is 1. The minimum absolute atomic E-state index is 0.0611. The molecule has 0 spiro atoms. The molecule has 118 valence electrons. The van der Waals surface area contributed by atoms with Crippen molar-refractivity contribution >= 4 is 18.0 Å². The van der Waals surface area contributed by atoms with Crippen molar-refractivity contribution in [3.8, 4) is 5.75 Å². The van der Waals surface area contributed by atoms with Gasteiger partial charge in [-0.3, -0.25) is 4.79 Å². The van der Waals surface area contributed by atoms with Crippen LogP contribution in [-0.2, 0) is 14.3 Å². The Morgan fingerprint density at radius 3 is 2.95 bits per heavy atom. The predicted octanol–water partition coefficient (Wildman–Crippen LogP) is 1.41. The van der Waals surface area contributed by atoms with E-state index >= 15 is 0 Å². The first-order valence-electron chi connectivity index (χ1n) is 7.15. The molecule has 0 aromatic heterocycles. The highest BCUT2D eigenvalue weighted by atomic mass is 16.5. The number of aliphatic carboxylic acids is 1. The molecule has 1 heterocycles. The summed E-state index contributed by atoms with van der Waals surface area (Å²) in [6.07, 6.45) is 2.16. The Morgan fingerprint density at radius 1 is 1.45 bits per heavy atom. The van der Waals surface area contributed by atoms with Gasteiger partial charge in [-0.2, -0.15) is 0 Å². The van der Waals surface area contributed by atoms with E-state index in [0.29, 0.717) is 18.9 Å². The maximum atomic E-state index is 12.2. The largest absolute Gasteiger partial charge is 0.493 e. The topological polar surface area (TPSA) is 76.1 Å². The highest BCUT2D eigenvalue weighted by molar-refractivity contribution is 5.92. The van der Waals surface area contributed by atoms with Crippen LogP contribution in [0.1, 0.15) is 12.5 Å². The van der Waals surface area contributed by atoms with Crippen LogP contribution >= 0.6 is 0 Å². The van der Waals surface area contributed by atoms with Crippen LogP contribution in [0.3, 0.4) is 0 Å². The fourth-order valence-electron chi connectivity index (χ4n) is 2.17. The van der Waals surface area contributed by atoms with Gasteiger partial charge in [0.2, 0.25) is 5.91 Å². The van der Waals surface area contributed by atoms with Crippen LogP contribution in [0, 0.1) is 0 Å². The molecular formula is C16H19NO5. The van der Waals surface area contributed by atoms with Gasteiger partial charge in [-0.1, -0.05) is 18.2 Å². The van der Waals surface area contributed by atoms with Gasteiger partial charge in [-0.25, -0.2) is 4.79 Å². The van der Waals surface area contributed by atoms with Crippen molar-refractivity contribution in [2.75, 3.05) is 26.3 Å². The number of morpholine rings is 1. The maximum absolute atomic E-state index is 12.2. The standard InChI is InChI=1S/C16H19NO5/c1-2-21-13-6-4-3-5-12(13)7-8-15(18)17-9-10-22-14(11-17)16(19)20/h3-8,14H,2,9-11H2,1H3,(H,19,20)/b8-7+. The van der Waals surface area contributed by atoms with E-state index in [-0.39, 0.29) is 19.1 Å². The van der Waals surface area contributed by atoms with E-state index in [9.17, 15) is 9.59 Å². The number of benzene rings is 1. The smallest absolute Gasteiger partial charge is 0.334 e. The Balaban J connectivity index is 2.03. The molecular weight excluding hydrogens is 286 g/mol. The van der Waals surface area contributed by atoms with Gasteiger partial charge in [-0.05, 0) is 19.1 Å². The first-order chi connectivity index (χ1) is 10.6. The number of para-hydroxylation sites is 1. The van der Waals surface area contributed by atoms with Gasteiger partial charge in [0.1, 0.15) is 5.75 Å². The molecule has 1 atom stereocenters. The summed E-state index contributed by atoms with van der Waals surface area (Å²) < 4.78 is 10.6. The summed E-state index contributed by atoms with van der Waals surface area (Å²) in [5.74, 6) is -0.580. The third-order valence-corrected chi connectivity index (χ3v) is 3.28. The van der Waals surface area contributed by atoms with Gasteiger partial charge in [0, 0.05) is 18.2 Å². The van der Waals surface area contributed by atoms with Gasteiger partial charge in [0.05, 0.1) is 19.8 Å². The Kier molecular flexibility index (Phi) is 5.55. The molecule has 1 aliphatic rings. The number of hydrogen-bond acceptors (Lipinski definition) is 4. The Hall–Kier alpha value is -2.34. The average molecular weight is 305 g/mol. The van der Waals surface area contributed by atoms with E-state index in [1.54, 1.807) is 6.08 Å². The second kappa shape index (κ2) is 7.61. The zero-order valence-corrected chi connectivity index (χ0v) is 12.4. The molecule has 1 aromatic rings. The van der Waals surface area contributed by atoms with Crippen molar-refractivity contribution in [1.82, 2.24) is 4.90 Å². The lowest BCUT2D eigenvalue weighted by atomic mass is 10.2. The molecule has 0 saturated carbocycles. The van der Waals surface area contributed by atoms with E-state index in [1.165, 1.54) is 11.0 Å². The molecule has 6 nitrogen and oxygen atoms in total. The second-order valence-corrected chi connectivity index (χ2v) is 4.79. The monoisotopic (exact) mass is 305 g/mol. The summed E-state index contributed by atoms with van der Waals surface area (Å²) >= 11 is 0. The van der Waals surface area contributed by atoms with E-state index in [0.717, 1.165) is 5.56 Å². The van der Waals surface area contributed by atoms with Gasteiger partial charge < -0.3 is 19.5 Å². The number of carboxylic acids is 1. The summed E-state index contributed by atoms with van der Waals surface area (Å²) in [6, 6.07) is 7.42. The van der Waals surface area contributed by atoms with Crippen molar-refractivity contribution in [3.05, 3.63) is 35.9 Å². The van der Waals surface area contributed by atoms with E-state index in [4.69, 9.17) is 14.6 Å². The summed E-state index contributed by atoms with van der Waals surface area (Å²) in [5, 5.41) is 8.94. The average Bonchev–Trinajstić information content (AvgIpc) is 2.54. The second-order valence-electron chi connectivity index (χ2n) is 4.79. The molecule has 1 aromatic carbocycles. The lowest BCUT2D eigenvalue weighted by Gasteiger charge is -2.30. The van der Waals surface area contributed by atoms with Crippen molar-refractivity contribution in [1.29, 1.82) is 0 Å². The fourth-order valence-corrected chi connectivity index (χ4v) is 2.17. The highest BCUT2D eigenvalue weighted by Gasteiger charge is 2.27. The van der Waals surface area contributed by atoms with E-state index in [1.807, 2.05) is 31.2 Å². The molecule has 1 aliphatic heterocycles. The van der Waals surface area contributed by atoms with Crippen LogP contribution in [0.25, 0.3) is 6.08 Å². The van der Waals surface area contributed by atoms with Gasteiger partial charge in [-0.15, -0.1) is 0 Å². The number of nitrogens with zero attached hydrogens (tertiary/aromatic N) is 1. The Labute approximate surface area is 128 Å². The first-order valence-corrected chi connectivity index (χ1v) is 7.15. The molecule has 22 heavy (non-hydrogen) atoms. The zero-order valence-electron chi connectivity index (χ0n) is 12.4. The van der Waals surface area contributed by atoms with Crippen molar-refractivity contribution < 1.29 is 24.2 Å². The quantitative estimate of drug-likeness (QED) is 0.832. The summed E-state index contributed by atoms with van der Waals surface area (Å²) in [6.45, 7) is 3.12. The molecule has 1 amide bonds. The zero-order chi connectivity index (χ0) is 15.9. The molecule has 1 fully saturated rings. The molecule has 2 rings (SSSR count). The van der Waals surface area contributed by atoms with Crippen LogP contribution in [0.15, 0.2) is 30.3 Å². The molecule has 1 unspecified atom stereocenters. The Morgan fingerprint density at radius 2 is 2.23 bits per heavy atom. The van der Waals surface area contributed by atoms with Crippen molar-refractivity contribution in [2.45, 2.75) is 13.0 Å². The van der Waals surface area contributed by atoms with Crippen LogP contribution in [0.4, 0.5) is 0 Å². The molecule has 0 radical (unpaired) electrons. The molecule has 6 heteroatoms. The summed E-state index contributed by atoms with van der Waals surface area (Å²) in [7, 11) is 0. The number of ether oxygens (including phenoxy) is 2. The minimum Gasteiger partial charge on any atom is -0.493 e. The third kappa shape index (κ3) is 4.08. The minimum atomic E-state index is -1.05. The first kappa shape index (κ1) is 16.0. The SMILES string of the molecule is CCOc1ccccc1/C=C/C(=O)N1CCOC(C(=O)O)C1. The summed E-state index contributed by atoms with van der Waals surface area (Å²) in [5.41, 5.74) is 0.806. The van der Waals surface area contributed by atoms with Crippen LogP contribution < -0.4 is 4.74 Å². The summed E-state index contributed by atoms with van der Waals surface area (Å²) in [4.78, 5) is 24.6. The maximum Gasteiger partial charge on any atom is 0.334 e. The molecule has 0 aliphatic carbocycles. The predicted molar refractivity (Wildman–Crippen MR) is 80.6 cm³/mol. The number of carboxylic acid groups (broad SMARTS) is 1. The molecule has 1 saturated heterocycles. The fraction of sp³-hybridized carbons (Fsp3) is 0.375. The van der Waals surface area contributed by atoms with Crippen LogP contribution in [0.2, 0.25) is 0 Å². The van der Waals surface area contributed by atoms with Gasteiger partial charge in [0.25, 0.3) is 0 Å². The number of hydrogen-bond donors (Lipinski definition) is 1. The molecule has 1 N–H and O–H groups in total. The van der Waals surface area contributed by atoms with Gasteiger partial charge in [0.15, 0.2) is 6.10 Å². The number of carbonyl (C=O) groups is 2. The van der Waals surface area contributed by atoms with Crippen LogP contribution in [-0.4, -0.2) is 54.3 Å². The van der Waals surface area contributed by atoms with Crippen molar-refractivity contribution in [2.24, 2.45) is 0 Å². The van der Waals surface area contributed by atoms with Crippen molar-refractivity contribution in [3.63, 3.8) is 0 Å². The number of amides is 1. The lowest BCUT2D eigenvalue weighted by Crippen LogP contribution is -2.48. The van der Waals surface area contributed by atoms with Crippen LogP contribution in [0.5, 0.6) is 5.75 Å². The normalized spacial score (nSPS) is 18.4. The molecule has 0 bridgehead atoms. The van der Waals surface area contributed by atoms with E-state index in [2.05, 4.69) is 0 Å². The third-order valence-electron chi connectivity index (χ3n) is 3.28.